The number of hydrogen-bond donors (Lipinski definition) is 3. The fourth-order valence-electron chi connectivity index (χ4n) is 3.39. The average Bonchev–Trinajstić information content (AvgIpc) is 2.66. The van der Waals surface area contributed by atoms with Crippen LogP contribution in [0.15, 0.2) is 34.9 Å². The molecule has 0 radical (unpaired) electrons. The van der Waals surface area contributed by atoms with Gasteiger partial charge in [0, 0.05) is 22.9 Å². The molecule has 5 nitrogen and oxygen atoms in total. The summed E-state index contributed by atoms with van der Waals surface area (Å²) >= 11 is 3.36. The van der Waals surface area contributed by atoms with Crippen LogP contribution in [0, 0.1) is 11.8 Å². The summed E-state index contributed by atoms with van der Waals surface area (Å²) in [6.45, 7) is 1.13. The molecule has 0 bridgehead atoms. The highest BCUT2D eigenvalue weighted by Gasteiger charge is 2.35. The highest BCUT2D eigenvalue weighted by atomic mass is 79.9. The lowest BCUT2D eigenvalue weighted by molar-refractivity contribution is -0.137. The Balaban J connectivity index is 1.73. The van der Waals surface area contributed by atoms with Gasteiger partial charge in [-0.3, -0.25) is 0 Å². The Labute approximate surface area is 170 Å². The van der Waals surface area contributed by atoms with Crippen LogP contribution in [-0.4, -0.2) is 23.1 Å². The van der Waals surface area contributed by atoms with Crippen molar-refractivity contribution < 1.29 is 13.2 Å². The van der Waals surface area contributed by atoms with Crippen LogP contribution >= 0.6 is 15.9 Å². The number of rotatable bonds is 6. The fraction of sp³-hybridized carbons (Fsp3) is 0.474. The van der Waals surface area contributed by atoms with Gasteiger partial charge in [-0.1, -0.05) is 22.0 Å². The number of nitrogens with one attached hydrogen (secondary N) is 2. The van der Waals surface area contributed by atoms with Gasteiger partial charge in [-0.15, -0.1) is 0 Å². The molecule has 1 fully saturated rings. The highest BCUT2D eigenvalue weighted by Crippen LogP contribution is 2.35. The van der Waals surface area contributed by atoms with E-state index in [1.807, 2.05) is 12.1 Å². The fourth-order valence-corrected chi connectivity index (χ4v) is 3.79. The second-order valence-electron chi connectivity index (χ2n) is 7.09. The molecule has 1 aliphatic rings. The third-order valence-electron chi connectivity index (χ3n) is 5.03. The first kappa shape index (κ1) is 20.9. The lowest BCUT2D eigenvalue weighted by atomic mass is 9.82. The van der Waals surface area contributed by atoms with E-state index in [1.54, 1.807) is 12.1 Å². The number of nitrogens with zero attached hydrogens (tertiary/aromatic N) is 2. The number of nitrogens with two attached hydrogens (primary N) is 1. The highest BCUT2D eigenvalue weighted by molar-refractivity contribution is 9.10. The topological polar surface area (TPSA) is 75.9 Å². The van der Waals surface area contributed by atoms with E-state index < -0.39 is 11.7 Å². The maximum Gasteiger partial charge on any atom is 0.421 e. The summed E-state index contributed by atoms with van der Waals surface area (Å²) in [5, 5.41) is 5.85. The van der Waals surface area contributed by atoms with Gasteiger partial charge in [-0.25, -0.2) is 4.98 Å². The molecule has 0 aliphatic heterocycles. The van der Waals surface area contributed by atoms with E-state index in [-0.39, 0.29) is 11.8 Å². The van der Waals surface area contributed by atoms with Gasteiger partial charge < -0.3 is 16.4 Å². The molecule has 0 amide bonds. The number of benzene rings is 1. The lowest BCUT2D eigenvalue weighted by Gasteiger charge is -2.28. The number of aromatic nitrogens is 2. The summed E-state index contributed by atoms with van der Waals surface area (Å²) in [4.78, 5) is 7.93. The van der Waals surface area contributed by atoms with Gasteiger partial charge in [0.25, 0.3) is 0 Å². The Morgan fingerprint density at radius 2 is 1.86 bits per heavy atom. The first-order valence-electron chi connectivity index (χ1n) is 9.26. The maximum absolute atomic E-state index is 13.4. The number of alkyl halides is 3. The smallest absolute Gasteiger partial charge is 0.369 e. The maximum atomic E-state index is 13.4. The van der Waals surface area contributed by atoms with Crippen molar-refractivity contribution in [1.82, 2.24) is 9.97 Å². The minimum atomic E-state index is -4.52. The summed E-state index contributed by atoms with van der Waals surface area (Å²) in [5.74, 6) is 0.767. The standard InChI is InChI=1S/C19H23BrF3N5/c20-14-2-1-3-15(8-14)27-18-26-11-16(19(21,22)23)17(28-18)25-10-13-6-4-12(9-24)5-7-13/h1-3,8,11-13H,4-7,9-10,24H2,(H2,25,26,27,28). The van der Waals surface area contributed by atoms with E-state index in [1.165, 1.54) is 0 Å². The van der Waals surface area contributed by atoms with Gasteiger partial charge >= 0.3 is 6.18 Å². The molecule has 1 aromatic heterocycles. The normalized spacial score (nSPS) is 20.0. The Kier molecular flexibility index (Phi) is 6.77. The molecule has 1 aliphatic carbocycles. The molecule has 2 aromatic rings. The van der Waals surface area contributed by atoms with Gasteiger partial charge in [0.05, 0.1) is 0 Å². The quantitative estimate of drug-likeness (QED) is 0.557. The lowest BCUT2D eigenvalue weighted by Crippen LogP contribution is -2.26. The Hall–Kier alpha value is -1.87. The first-order valence-corrected chi connectivity index (χ1v) is 10.0. The van der Waals surface area contributed by atoms with Crippen molar-refractivity contribution in [2.45, 2.75) is 31.9 Å². The van der Waals surface area contributed by atoms with Crippen molar-refractivity contribution >= 4 is 33.4 Å². The van der Waals surface area contributed by atoms with Crippen molar-refractivity contribution in [2.75, 3.05) is 23.7 Å². The first-order chi connectivity index (χ1) is 13.3. The molecule has 0 spiro atoms. The van der Waals surface area contributed by atoms with Crippen LogP contribution < -0.4 is 16.4 Å². The SMILES string of the molecule is NCC1CCC(CNc2nc(Nc3cccc(Br)c3)ncc2C(F)(F)F)CC1. The van der Waals surface area contributed by atoms with Gasteiger partial charge in [-0.2, -0.15) is 18.2 Å². The molecule has 0 unspecified atom stereocenters. The van der Waals surface area contributed by atoms with E-state index in [2.05, 4.69) is 36.5 Å². The number of hydrogen-bond acceptors (Lipinski definition) is 5. The van der Waals surface area contributed by atoms with E-state index in [9.17, 15) is 13.2 Å². The van der Waals surface area contributed by atoms with Crippen LogP contribution in [0.2, 0.25) is 0 Å². The summed E-state index contributed by atoms with van der Waals surface area (Å²) < 4.78 is 40.9. The average molecular weight is 458 g/mol. The molecule has 152 valence electrons. The number of halogens is 4. The van der Waals surface area contributed by atoms with Crippen LogP contribution in [0.4, 0.5) is 30.6 Å². The zero-order valence-corrected chi connectivity index (χ0v) is 16.9. The molecule has 0 saturated heterocycles. The minimum absolute atomic E-state index is 0.112. The molecule has 28 heavy (non-hydrogen) atoms. The molecule has 1 aromatic carbocycles. The number of anilines is 3. The Morgan fingerprint density at radius 1 is 1.14 bits per heavy atom. The summed E-state index contributed by atoms with van der Waals surface area (Å²) in [6, 6.07) is 7.25. The summed E-state index contributed by atoms with van der Waals surface area (Å²) in [7, 11) is 0. The van der Waals surface area contributed by atoms with Crippen LogP contribution in [0.3, 0.4) is 0 Å². The third kappa shape index (κ3) is 5.57. The van der Waals surface area contributed by atoms with E-state index in [4.69, 9.17) is 5.73 Å². The van der Waals surface area contributed by atoms with Gasteiger partial charge in [0.15, 0.2) is 0 Å². The predicted molar refractivity (Wildman–Crippen MR) is 107 cm³/mol. The van der Waals surface area contributed by atoms with E-state index >= 15 is 0 Å². The zero-order valence-electron chi connectivity index (χ0n) is 15.3. The van der Waals surface area contributed by atoms with Gasteiger partial charge in [0.1, 0.15) is 11.4 Å². The van der Waals surface area contributed by atoms with Crippen LogP contribution in [-0.2, 0) is 6.18 Å². The van der Waals surface area contributed by atoms with Crippen LogP contribution in [0.5, 0.6) is 0 Å². The second kappa shape index (κ2) is 9.09. The molecule has 3 rings (SSSR count). The van der Waals surface area contributed by atoms with Crippen molar-refractivity contribution in [1.29, 1.82) is 0 Å². The monoisotopic (exact) mass is 457 g/mol. The van der Waals surface area contributed by atoms with Gasteiger partial charge in [0.2, 0.25) is 5.95 Å². The van der Waals surface area contributed by atoms with Crippen molar-refractivity contribution in [3.63, 3.8) is 0 Å². The Bertz CT molecular complexity index is 791. The van der Waals surface area contributed by atoms with Gasteiger partial charge in [-0.05, 0) is 62.3 Å². The molecule has 4 N–H and O–H groups in total. The van der Waals surface area contributed by atoms with Crippen molar-refractivity contribution in [3.8, 4) is 0 Å². The molecular formula is C19H23BrF3N5. The molecule has 0 atom stereocenters. The Morgan fingerprint density at radius 3 is 2.50 bits per heavy atom. The molecule has 1 saturated carbocycles. The molecular weight excluding hydrogens is 435 g/mol. The van der Waals surface area contributed by atoms with Crippen LogP contribution in [0.25, 0.3) is 0 Å². The zero-order chi connectivity index (χ0) is 20.1. The summed E-state index contributed by atoms with van der Waals surface area (Å²) in [6.07, 6.45) is 0.270. The molecule has 9 heteroatoms. The minimum Gasteiger partial charge on any atom is -0.369 e. The van der Waals surface area contributed by atoms with Crippen molar-refractivity contribution in [2.24, 2.45) is 17.6 Å². The predicted octanol–water partition coefficient (Wildman–Crippen LogP) is 5.18. The molecule has 1 heterocycles. The second-order valence-corrected chi connectivity index (χ2v) is 8.01. The largest absolute Gasteiger partial charge is 0.421 e. The van der Waals surface area contributed by atoms with E-state index in [0.29, 0.717) is 30.6 Å². The summed E-state index contributed by atoms with van der Waals surface area (Å²) in [5.41, 5.74) is 5.53. The third-order valence-corrected chi connectivity index (χ3v) is 5.53. The van der Waals surface area contributed by atoms with Crippen molar-refractivity contribution in [3.05, 3.63) is 40.5 Å². The van der Waals surface area contributed by atoms with E-state index in [0.717, 1.165) is 36.4 Å². The van der Waals surface area contributed by atoms with Crippen LogP contribution in [0.1, 0.15) is 31.2 Å².